The van der Waals surface area contributed by atoms with Gasteiger partial charge in [0.25, 0.3) is 0 Å². The van der Waals surface area contributed by atoms with E-state index in [9.17, 15) is 5.11 Å². The van der Waals surface area contributed by atoms with Crippen LogP contribution in [-0.4, -0.2) is 5.11 Å². The van der Waals surface area contributed by atoms with Crippen molar-refractivity contribution in [3.8, 4) is 5.75 Å². The average molecular weight is 292 g/mol. The van der Waals surface area contributed by atoms with Crippen LogP contribution >= 0.6 is 31.9 Å². The molecule has 0 amide bonds. The number of rotatable bonds is 0. The molecule has 2 rings (SSSR count). The Morgan fingerprint density at radius 3 is 2.83 bits per heavy atom. The first-order valence-corrected chi connectivity index (χ1v) is 4.83. The standard InChI is InChI=1S/C8H4Br2O2/c9-5-3-6-4(1-2-12-6)7(10)8(5)11/h1-3,11H. The second-order valence-corrected chi connectivity index (χ2v) is 4.00. The molecule has 0 fully saturated rings. The fourth-order valence-corrected chi connectivity index (χ4v) is 2.24. The van der Waals surface area contributed by atoms with Crippen LogP contribution in [0.4, 0.5) is 0 Å². The summed E-state index contributed by atoms with van der Waals surface area (Å²) in [4.78, 5) is 0. The predicted octanol–water partition coefficient (Wildman–Crippen LogP) is 3.66. The Morgan fingerprint density at radius 1 is 1.33 bits per heavy atom. The summed E-state index contributed by atoms with van der Waals surface area (Å²) < 4.78 is 6.44. The lowest BCUT2D eigenvalue weighted by molar-refractivity contribution is 0.469. The van der Waals surface area contributed by atoms with Crippen LogP contribution < -0.4 is 0 Å². The summed E-state index contributed by atoms with van der Waals surface area (Å²) in [6.45, 7) is 0. The van der Waals surface area contributed by atoms with Crippen LogP contribution in [0.3, 0.4) is 0 Å². The third-order valence-corrected chi connectivity index (χ3v) is 3.03. The molecule has 0 aliphatic heterocycles. The Balaban J connectivity index is 2.94. The van der Waals surface area contributed by atoms with Crippen molar-refractivity contribution >= 4 is 42.8 Å². The number of benzene rings is 1. The molecule has 62 valence electrons. The molecule has 0 bridgehead atoms. The van der Waals surface area contributed by atoms with Gasteiger partial charge in [0.15, 0.2) is 0 Å². The monoisotopic (exact) mass is 290 g/mol. The van der Waals surface area contributed by atoms with Gasteiger partial charge in [0.2, 0.25) is 0 Å². The smallest absolute Gasteiger partial charge is 0.144 e. The van der Waals surface area contributed by atoms with E-state index >= 15 is 0 Å². The third-order valence-electron chi connectivity index (χ3n) is 1.62. The van der Waals surface area contributed by atoms with Gasteiger partial charge in [-0.15, -0.1) is 0 Å². The van der Waals surface area contributed by atoms with Crippen molar-refractivity contribution in [1.82, 2.24) is 0 Å². The number of phenolic OH excluding ortho intramolecular Hbond substituents is 1. The summed E-state index contributed by atoms with van der Waals surface area (Å²) >= 11 is 6.48. The van der Waals surface area contributed by atoms with Crippen molar-refractivity contribution in [2.45, 2.75) is 0 Å². The molecule has 0 aliphatic carbocycles. The lowest BCUT2D eigenvalue weighted by Gasteiger charge is -1.99. The molecule has 12 heavy (non-hydrogen) atoms. The summed E-state index contributed by atoms with van der Waals surface area (Å²) in [5.74, 6) is 0.198. The Labute approximate surface area is 85.4 Å². The maximum absolute atomic E-state index is 9.49. The molecule has 0 aliphatic rings. The highest BCUT2D eigenvalue weighted by Crippen LogP contribution is 2.38. The van der Waals surface area contributed by atoms with E-state index in [-0.39, 0.29) is 5.75 Å². The summed E-state index contributed by atoms with van der Waals surface area (Å²) in [7, 11) is 0. The van der Waals surface area contributed by atoms with Crippen LogP contribution in [0.1, 0.15) is 0 Å². The van der Waals surface area contributed by atoms with E-state index in [1.165, 1.54) is 0 Å². The number of hydrogen-bond donors (Lipinski definition) is 1. The van der Waals surface area contributed by atoms with E-state index in [1.54, 1.807) is 18.4 Å². The van der Waals surface area contributed by atoms with Gasteiger partial charge in [-0.05, 0) is 44.0 Å². The van der Waals surface area contributed by atoms with Crippen LogP contribution in [-0.2, 0) is 0 Å². The van der Waals surface area contributed by atoms with Crippen molar-refractivity contribution in [2.75, 3.05) is 0 Å². The fourth-order valence-electron chi connectivity index (χ4n) is 1.03. The van der Waals surface area contributed by atoms with E-state index in [4.69, 9.17) is 4.42 Å². The molecule has 2 nitrogen and oxygen atoms in total. The second-order valence-electron chi connectivity index (χ2n) is 2.35. The van der Waals surface area contributed by atoms with Gasteiger partial charge in [-0.2, -0.15) is 0 Å². The molecule has 1 N–H and O–H groups in total. The first kappa shape index (κ1) is 8.13. The van der Waals surface area contributed by atoms with Crippen molar-refractivity contribution in [3.63, 3.8) is 0 Å². The molecule has 0 radical (unpaired) electrons. The molecule has 1 aromatic carbocycles. The average Bonchev–Trinajstić information content (AvgIpc) is 2.48. The van der Waals surface area contributed by atoms with Crippen LogP contribution in [0.15, 0.2) is 31.8 Å². The fraction of sp³-hybridized carbons (Fsp3) is 0. The molecule has 1 aromatic heterocycles. The number of fused-ring (bicyclic) bond motifs is 1. The van der Waals surface area contributed by atoms with Crippen LogP contribution in [0, 0.1) is 0 Å². The predicted molar refractivity (Wildman–Crippen MR) is 53.3 cm³/mol. The van der Waals surface area contributed by atoms with E-state index in [1.807, 2.05) is 0 Å². The van der Waals surface area contributed by atoms with Crippen molar-refractivity contribution in [2.24, 2.45) is 0 Å². The summed E-state index contributed by atoms with van der Waals surface area (Å²) in [5, 5.41) is 10.4. The molecule has 0 atom stereocenters. The van der Waals surface area contributed by atoms with Gasteiger partial charge in [-0.3, -0.25) is 0 Å². The highest BCUT2D eigenvalue weighted by molar-refractivity contribution is 9.11. The molecule has 0 spiro atoms. The normalized spacial score (nSPS) is 10.8. The number of aromatic hydroxyl groups is 1. The van der Waals surface area contributed by atoms with Gasteiger partial charge >= 0.3 is 0 Å². The highest BCUT2D eigenvalue weighted by atomic mass is 79.9. The van der Waals surface area contributed by atoms with E-state index in [0.717, 1.165) is 11.0 Å². The van der Waals surface area contributed by atoms with Gasteiger partial charge in [0, 0.05) is 5.39 Å². The zero-order valence-corrected chi connectivity index (χ0v) is 9.02. The molecule has 2 aromatic rings. The maximum Gasteiger partial charge on any atom is 0.144 e. The Hall–Kier alpha value is -0.480. The highest BCUT2D eigenvalue weighted by Gasteiger charge is 2.09. The quantitative estimate of drug-likeness (QED) is 0.803. The molecule has 0 unspecified atom stereocenters. The second kappa shape index (κ2) is 2.78. The third kappa shape index (κ3) is 1.06. The zero-order valence-electron chi connectivity index (χ0n) is 5.84. The summed E-state index contributed by atoms with van der Waals surface area (Å²) in [5.41, 5.74) is 0.742. The molecule has 1 heterocycles. The van der Waals surface area contributed by atoms with Gasteiger partial charge in [0.05, 0.1) is 15.2 Å². The largest absolute Gasteiger partial charge is 0.506 e. The zero-order chi connectivity index (χ0) is 8.72. The SMILES string of the molecule is Oc1c(Br)cc2occc2c1Br. The van der Waals surface area contributed by atoms with E-state index in [0.29, 0.717) is 8.95 Å². The van der Waals surface area contributed by atoms with Crippen LogP contribution in [0.2, 0.25) is 0 Å². The lowest BCUT2D eigenvalue weighted by Crippen LogP contribution is -1.73. The Morgan fingerprint density at radius 2 is 2.08 bits per heavy atom. The summed E-state index contributed by atoms with van der Waals surface area (Å²) in [6, 6.07) is 3.53. The van der Waals surface area contributed by atoms with Crippen LogP contribution in [0.25, 0.3) is 11.0 Å². The first-order valence-electron chi connectivity index (χ1n) is 3.24. The van der Waals surface area contributed by atoms with Crippen molar-refractivity contribution < 1.29 is 9.52 Å². The van der Waals surface area contributed by atoms with E-state index in [2.05, 4.69) is 31.9 Å². The van der Waals surface area contributed by atoms with Gasteiger partial charge < -0.3 is 9.52 Å². The van der Waals surface area contributed by atoms with Crippen LogP contribution in [0.5, 0.6) is 5.75 Å². The molecule has 0 saturated heterocycles. The topological polar surface area (TPSA) is 33.4 Å². The van der Waals surface area contributed by atoms with Crippen molar-refractivity contribution in [1.29, 1.82) is 0 Å². The van der Waals surface area contributed by atoms with Gasteiger partial charge in [0.1, 0.15) is 11.3 Å². The van der Waals surface area contributed by atoms with Gasteiger partial charge in [-0.1, -0.05) is 0 Å². The molecular formula is C8H4Br2O2. The number of phenols is 1. The molecular weight excluding hydrogens is 288 g/mol. The van der Waals surface area contributed by atoms with Gasteiger partial charge in [-0.25, -0.2) is 0 Å². The minimum Gasteiger partial charge on any atom is -0.506 e. The minimum absolute atomic E-state index is 0.198. The number of furan rings is 1. The Kier molecular flexibility index (Phi) is 1.88. The number of halogens is 2. The first-order chi connectivity index (χ1) is 5.70. The van der Waals surface area contributed by atoms with E-state index < -0.39 is 0 Å². The molecule has 0 saturated carbocycles. The lowest BCUT2D eigenvalue weighted by atomic mass is 10.2. The summed E-state index contributed by atoms with van der Waals surface area (Å²) in [6.07, 6.45) is 1.58. The minimum atomic E-state index is 0.198. The van der Waals surface area contributed by atoms with Crippen molar-refractivity contribution in [3.05, 3.63) is 27.3 Å². The Bertz CT molecular complexity index is 434. The maximum atomic E-state index is 9.49. The number of hydrogen-bond acceptors (Lipinski definition) is 2. The molecule has 4 heteroatoms.